The van der Waals surface area contributed by atoms with Gasteiger partial charge in [-0.05, 0) is 44.3 Å². The standard InChI is InChI=1S/C13H13F2NO/c1-8-3-6-12(17-8)13(16-2)10-7-9(14)4-5-11(10)15/h3-7,13,16H,1-2H3. The fourth-order valence-corrected chi connectivity index (χ4v) is 1.80. The molecule has 1 atom stereocenters. The third-order valence-electron chi connectivity index (χ3n) is 2.60. The van der Waals surface area contributed by atoms with E-state index in [1.54, 1.807) is 26.1 Å². The van der Waals surface area contributed by atoms with E-state index in [1.165, 1.54) is 6.07 Å². The highest BCUT2D eigenvalue weighted by atomic mass is 19.1. The van der Waals surface area contributed by atoms with Gasteiger partial charge in [-0.25, -0.2) is 8.78 Å². The number of halogens is 2. The predicted molar refractivity (Wildman–Crippen MR) is 60.7 cm³/mol. The predicted octanol–water partition coefficient (Wildman–Crippen LogP) is 3.18. The lowest BCUT2D eigenvalue weighted by Crippen LogP contribution is -2.18. The SMILES string of the molecule is CNC(c1ccc(C)o1)c1cc(F)ccc1F. The van der Waals surface area contributed by atoms with Crippen molar-refractivity contribution in [2.45, 2.75) is 13.0 Å². The van der Waals surface area contributed by atoms with Gasteiger partial charge in [-0.15, -0.1) is 0 Å². The first kappa shape index (κ1) is 11.8. The van der Waals surface area contributed by atoms with Crippen molar-refractivity contribution in [3.63, 3.8) is 0 Å². The van der Waals surface area contributed by atoms with Gasteiger partial charge in [0.15, 0.2) is 0 Å². The molecule has 0 aliphatic rings. The van der Waals surface area contributed by atoms with E-state index in [0.717, 1.165) is 17.9 Å². The first-order valence-electron chi connectivity index (χ1n) is 5.30. The maximum absolute atomic E-state index is 13.7. The Morgan fingerprint density at radius 2 is 1.94 bits per heavy atom. The fourth-order valence-electron chi connectivity index (χ4n) is 1.80. The van der Waals surface area contributed by atoms with Crippen LogP contribution in [-0.4, -0.2) is 7.05 Å². The number of hydrogen-bond donors (Lipinski definition) is 1. The summed E-state index contributed by atoms with van der Waals surface area (Å²) in [6.07, 6.45) is 0. The molecule has 0 amide bonds. The monoisotopic (exact) mass is 237 g/mol. The Balaban J connectivity index is 2.45. The maximum Gasteiger partial charge on any atom is 0.128 e. The highest BCUT2D eigenvalue weighted by Crippen LogP contribution is 2.26. The summed E-state index contributed by atoms with van der Waals surface area (Å²) < 4.78 is 32.2. The summed E-state index contributed by atoms with van der Waals surface area (Å²) in [6, 6.07) is 6.44. The lowest BCUT2D eigenvalue weighted by molar-refractivity contribution is 0.434. The third kappa shape index (κ3) is 2.36. The second kappa shape index (κ2) is 4.67. The van der Waals surface area contributed by atoms with Crippen molar-refractivity contribution in [2.24, 2.45) is 0 Å². The van der Waals surface area contributed by atoms with Crippen LogP contribution in [0.2, 0.25) is 0 Å². The van der Waals surface area contributed by atoms with E-state index in [1.807, 2.05) is 0 Å². The second-order valence-electron chi connectivity index (χ2n) is 3.84. The number of hydrogen-bond acceptors (Lipinski definition) is 2. The molecule has 1 aromatic heterocycles. The third-order valence-corrected chi connectivity index (χ3v) is 2.60. The lowest BCUT2D eigenvalue weighted by Gasteiger charge is -2.15. The average molecular weight is 237 g/mol. The van der Waals surface area contributed by atoms with Crippen molar-refractivity contribution < 1.29 is 13.2 Å². The van der Waals surface area contributed by atoms with Crippen molar-refractivity contribution >= 4 is 0 Å². The molecular formula is C13H13F2NO. The van der Waals surface area contributed by atoms with E-state index in [0.29, 0.717) is 5.76 Å². The van der Waals surface area contributed by atoms with Crippen molar-refractivity contribution in [3.05, 3.63) is 59.1 Å². The normalized spacial score (nSPS) is 12.7. The largest absolute Gasteiger partial charge is 0.464 e. The van der Waals surface area contributed by atoms with Crippen molar-refractivity contribution in [3.8, 4) is 0 Å². The quantitative estimate of drug-likeness (QED) is 0.887. The minimum absolute atomic E-state index is 0.238. The van der Waals surface area contributed by atoms with Gasteiger partial charge < -0.3 is 9.73 Å². The summed E-state index contributed by atoms with van der Waals surface area (Å²) in [5.74, 6) is 0.372. The van der Waals surface area contributed by atoms with E-state index in [-0.39, 0.29) is 5.56 Å². The highest BCUT2D eigenvalue weighted by Gasteiger charge is 2.19. The van der Waals surface area contributed by atoms with E-state index >= 15 is 0 Å². The molecule has 0 spiro atoms. The van der Waals surface area contributed by atoms with Crippen molar-refractivity contribution in [1.29, 1.82) is 0 Å². The van der Waals surface area contributed by atoms with Crippen LogP contribution in [0.4, 0.5) is 8.78 Å². The minimum atomic E-state index is -0.487. The van der Waals surface area contributed by atoms with Gasteiger partial charge in [0, 0.05) is 5.56 Å². The number of nitrogens with one attached hydrogen (secondary N) is 1. The molecule has 1 unspecified atom stereocenters. The van der Waals surface area contributed by atoms with Crippen LogP contribution in [0.3, 0.4) is 0 Å². The van der Waals surface area contributed by atoms with Crippen molar-refractivity contribution in [2.75, 3.05) is 7.05 Å². The molecule has 17 heavy (non-hydrogen) atoms. The van der Waals surface area contributed by atoms with E-state index < -0.39 is 17.7 Å². The lowest BCUT2D eigenvalue weighted by atomic mass is 10.0. The summed E-state index contributed by atoms with van der Waals surface area (Å²) in [7, 11) is 1.67. The molecule has 0 saturated heterocycles. The molecule has 0 saturated carbocycles. The number of benzene rings is 1. The Labute approximate surface area is 98.3 Å². The Kier molecular flexibility index (Phi) is 3.24. The van der Waals surface area contributed by atoms with Crippen LogP contribution in [0.15, 0.2) is 34.7 Å². The molecule has 2 nitrogen and oxygen atoms in total. The van der Waals surface area contributed by atoms with E-state index in [9.17, 15) is 8.78 Å². The molecule has 0 bridgehead atoms. The van der Waals surface area contributed by atoms with Crippen LogP contribution in [0.1, 0.15) is 23.1 Å². The zero-order chi connectivity index (χ0) is 12.4. The van der Waals surface area contributed by atoms with Crippen LogP contribution < -0.4 is 5.32 Å². The molecule has 0 radical (unpaired) electrons. The molecule has 0 fully saturated rings. The Hall–Kier alpha value is -1.68. The summed E-state index contributed by atoms with van der Waals surface area (Å²) in [5, 5.41) is 2.92. The van der Waals surface area contributed by atoms with Gasteiger partial charge in [0.25, 0.3) is 0 Å². The first-order chi connectivity index (χ1) is 8.11. The minimum Gasteiger partial charge on any atom is -0.464 e. The molecule has 2 rings (SSSR count). The Morgan fingerprint density at radius 3 is 2.53 bits per heavy atom. The number of aryl methyl sites for hydroxylation is 1. The summed E-state index contributed by atoms with van der Waals surface area (Å²) in [5.41, 5.74) is 0.238. The van der Waals surface area contributed by atoms with Gasteiger partial charge >= 0.3 is 0 Å². The fraction of sp³-hybridized carbons (Fsp3) is 0.231. The van der Waals surface area contributed by atoms with Gasteiger partial charge in [0.1, 0.15) is 23.2 Å². The van der Waals surface area contributed by atoms with Gasteiger partial charge in [-0.3, -0.25) is 0 Å². The summed E-state index contributed by atoms with van der Waals surface area (Å²) in [4.78, 5) is 0. The van der Waals surface area contributed by atoms with Crippen molar-refractivity contribution in [1.82, 2.24) is 5.32 Å². The van der Waals surface area contributed by atoms with Crippen LogP contribution in [0.25, 0.3) is 0 Å². The molecule has 1 aromatic carbocycles. The first-order valence-corrected chi connectivity index (χ1v) is 5.30. The maximum atomic E-state index is 13.7. The zero-order valence-corrected chi connectivity index (χ0v) is 9.63. The molecular weight excluding hydrogens is 224 g/mol. The molecule has 90 valence electrons. The van der Waals surface area contributed by atoms with E-state index in [2.05, 4.69) is 5.32 Å². The van der Waals surface area contributed by atoms with Crippen LogP contribution in [0.5, 0.6) is 0 Å². The average Bonchev–Trinajstić information content (AvgIpc) is 2.71. The smallest absolute Gasteiger partial charge is 0.128 e. The van der Waals surface area contributed by atoms with Crippen LogP contribution in [0, 0.1) is 18.6 Å². The number of rotatable bonds is 3. The molecule has 1 heterocycles. The van der Waals surface area contributed by atoms with E-state index in [4.69, 9.17) is 4.42 Å². The Bertz CT molecular complexity index is 522. The van der Waals surface area contributed by atoms with Gasteiger partial charge in [0.2, 0.25) is 0 Å². The second-order valence-corrected chi connectivity index (χ2v) is 3.84. The molecule has 4 heteroatoms. The molecule has 1 N–H and O–H groups in total. The van der Waals surface area contributed by atoms with Crippen LogP contribution in [-0.2, 0) is 0 Å². The molecule has 0 aliphatic carbocycles. The molecule has 2 aromatic rings. The Morgan fingerprint density at radius 1 is 1.18 bits per heavy atom. The summed E-state index contributed by atoms with van der Waals surface area (Å²) in [6.45, 7) is 1.80. The molecule has 0 aliphatic heterocycles. The summed E-state index contributed by atoms with van der Waals surface area (Å²) >= 11 is 0. The van der Waals surface area contributed by atoms with Gasteiger partial charge in [-0.1, -0.05) is 0 Å². The topological polar surface area (TPSA) is 25.2 Å². The van der Waals surface area contributed by atoms with Gasteiger partial charge in [0.05, 0.1) is 6.04 Å². The highest BCUT2D eigenvalue weighted by molar-refractivity contribution is 5.29. The number of furan rings is 1. The zero-order valence-electron chi connectivity index (χ0n) is 9.63. The van der Waals surface area contributed by atoms with Gasteiger partial charge in [-0.2, -0.15) is 0 Å². The van der Waals surface area contributed by atoms with Crippen LogP contribution >= 0.6 is 0 Å².